The van der Waals surface area contributed by atoms with Crippen LogP contribution >= 0.6 is 0 Å². The van der Waals surface area contributed by atoms with Crippen molar-refractivity contribution in [3.63, 3.8) is 0 Å². The van der Waals surface area contributed by atoms with Gasteiger partial charge in [-0.25, -0.2) is 4.39 Å². The summed E-state index contributed by atoms with van der Waals surface area (Å²) in [5.74, 6) is 0.803. The summed E-state index contributed by atoms with van der Waals surface area (Å²) in [6.07, 6.45) is 4.89. The average molecular weight is 274 g/mol. The number of hydrogen-bond donors (Lipinski definition) is 1. The Bertz CT molecular complexity index is 593. The summed E-state index contributed by atoms with van der Waals surface area (Å²) in [5, 5.41) is 11.6. The number of aryl methyl sites for hydroxylation is 2. The van der Waals surface area contributed by atoms with Crippen LogP contribution in [0, 0.1) is 5.82 Å². The SMILES string of the molecule is CCn1cnnc1CNC1CCCc2cc(F)ccc21. The molecule has 0 fully saturated rings. The second-order valence-corrected chi connectivity index (χ2v) is 5.20. The van der Waals surface area contributed by atoms with E-state index in [9.17, 15) is 4.39 Å². The highest BCUT2D eigenvalue weighted by molar-refractivity contribution is 5.32. The standard InChI is InChI=1S/C15H19FN4/c1-2-20-10-18-19-15(20)9-17-14-5-3-4-11-8-12(16)6-7-13(11)14/h6-8,10,14,17H,2-5,9H2,1H3. The maximum Gasteiger partial charge on any atom is 0.146 e. The number of nitrogens with one attached hydrogen (secondary N) is 1. The summed E-state index contributed by atoms with van der Waals surface area (Å²) in [7, 11) is 0. The molecule has 0 radical (unpaired) electrons. The minimum Gasteiger partial charge on any atom is -0.317 e. The molecule has 20 heavy (non-hydrogen) atoms. The predicted molar refractivity (Wildman–Crippen MR) is 74.6 cm³/mol. The number of hydrogen-bond acceptors (Lipinski definition) is 3. The third-order valence-electron chi connectivity index (χ3n) is 3.96. The first-order valence-electron chi connectivity index (χ1n) is 7.16. The largest absolute Gasteiger partial charge is 0.317 e. The van der Waals surface area contributed by atoms with Gasteiger partial charge in [0.15, 0.2) is 0 Å². The van der Waals surface area contributed by atoms with Gasteiger partial charge in [-0.3, -0.25) is 0 Å². The van der Waals surface area contributed by atoms with Crippen LogP contribution in [0.25, 0.3) is 0 Å². The van der Waals surface area contributed by atoms with E-state index in [0.717, 1.165) is 37.2 Å². The molecule has 0 bridgehead atoms. The first kappa shape index (κ1) is 13.2. The highest BCUT2D eigenvalue weighted by Gasteiger charge is 2.20. The van der Waals surface area contributed by atoms with Crippen molar-refractivity contribution in [1.29, 1.82) is 0 Å². The molecule has 106 valence electrons. The topological polar surface area (TPSA) is 42.7 Å². The molecule has 0 amide bonds. The van der Waals surface area contributed by atoms with E-state index in [-0.39, 0.29) is 11.9 Å². The van der Waals surface area contributed by atoms with Gasteiger partial charge in [-0.15, -0.1) is 10.2 Å². The number of aromatic nitrogens is 3. The lowest BCUT2D eigenvalue weighted by molar-refractivity contribution is 0.445. The average Bonchev–Trinajstić information content (AvgIpc) is 2.92. The van der Waals surface area contributed by atoms with Gasteiger partial charge in [-0.2, -0.15) is 0 Å². The predicted octanol–water partition coefficient (Wildman–Crippen LogP) is 2.60. The Morgan fingerprint density at radius 1 is 1.45 bits per heavy atom. The van der Waals surface area contributed by atoms with Gasteiger partial charge >= 0.3 is 0 Å². The van der Waals surface area contributed by atoms with E-state index in [4.69, 9.17) is 0 Å². The normalized spacial score (nSPS) is 18.0. The Morgan fingerprint density at radius 2 is 2.35 bits per heavy atom. The van der Waals surface area contributed by atoms with Crippen LogP contribution in [0.2, 0.25) is 0 Å². The zero-order valence-corrected chi connectivity index (χ0v) is 11.6. The van der Waals surface area contributed by atoms with Crippen LogP contribution in [0.15, 0.2) is 24.5 Å². The van der Waals surface area contributed by atoms with Crippen LogP contribution in [-0.2, 0) is 19.5 Å². The summed E-state index contributed by atoms with van der Waals surface area (Å²) in [6, 6.07) is 5.40. The summed E-state index contributed by atoms with van der Waals surface area (Å²) in [6.45, 7) is 3.64. The second kappa shape index (κ2) is 5.71. The second-order valence-electron chi connectivity index (χ2n) is 5.20. The molecule has 1 atom stereocenters. The maximum absolute atomic E-state index is 13.3. The first-order valence-corrected chi connectivity index (χ1v) is 7.16. The van der Waals surface area contributed by atoms with E-state index in [1.165, 1.54) is 5.56 Å². The number of rotatable bonds is 4. The van der Waals surface area contributed by atoms with Gasteiger partial charge in [0.2, 0.25) is 0 Å². The smallest absolute Gasteiger partial charge is 0.146 e. The molecule has 5 heteroatoms. The molecule has 0 saturated carbocycles. The van der Waals surface area contributed by atoms with Crippen LogP contribution < -0.4 is 5.32 Å². The Morgan fingerprint density at radius 3 is 3.20 bits per heavy atom. The molecule has 1 N–H and O–H groups in total. The van der Waals surface area contributed by atoms with Gasteiger partial charge < -0.3 is 9.88 Å². The minimum atomic E-state index is -0.143. The molecule has 1 heterocycles. The Hall–Kier alpha value is -1.75. The molecule has 3 rings (SSSR count). The number of benzene rings is 1. The van der Waals surface area contributed by atoms with Crippen molar-refractivity contribution in [2.24, 2.45) is 0 Å². The van der Waals surface area contributed by atoms with Crippen LogP contribution in [0.5, 0.6) is 0 Å². The molecule has 1 unspecified atom stereocenters. The molecule has 0 saturated heterocycles. The van der Waals surface area contributed by atoms with Crippen molar-refractivity contribution >= 4 is 0 Å². The molecular formula is C15H19FN4. The first-order chi connectivity index (χ1) is 9.78. The zero-order chi connectivity index (χ0) is 13.9. The summed E-state index contributed by atoms with van der Waals surface area (Å²) >= 11 is 0. The van der Waals surface area contributed by atoms with Gasteiger partial charge in [0.25, 0.3) is 0 Å². The van der Waals surface area contributed by atoms with Gasteiger partial charge in [-0.1, -0.05) is 6.07 Å². The molecule has 1 aromatic carbocycles. The van der Waals surface area contributed by atoms with Gasteiger partial charge in [0.1, 0.15) is 18.0 Å². The third kappa shape index (κ3) is 2.58. The van der Waals surface area contributed by atoms with E-state index in [0.29, 0.717) is 6.54 Å². The molecule has 0 spiro atoms. The minimum absolute atomic E-state index is 0.143. The van der Waals surface area contributed by atoms with Gasteiger partial charge in [0.05, 0.1) is 6.54 Å². The van der Waals surface area contributed by atoms with Gasteiger partial charge in [-0.05, 0) is 49.4 Å². The number of nitrogens with zero attached hydrogens (tertiary/aromatic N) is 3. The van der Waals surface area contributed by atoms with Crippen molar-refractivity contribution in [2.45, 2.75) is 45.3 Å². The highest BCUT2D eigenvalue weighted by atomic mass is 19.1. The molecule has 1 aromatic heterocycles. The molecule has 1 aliphatic rings. The van der Waals surface area contributed by atoms with Gasteiger partial charge in [0, 0.05) is 12.6 Å². The molecular weight excluding hydrogens is 255 g/mol. The zero-order valence-electron chi connectivity index (χ0n) is 11.6. The van der Waals surface area contributed by atoms with Crippen LogP contribution in [-0.4, -0.2) is 14.8 Å². The van der Waals surface area contributed by atoms with Crippen LogP contribution in [0.4, 0.5) is 4.39 Å². The summed E-state index contributed by atoms with van der Waals surface area (Å²) < 4.78 is 15.3. The Balaban J connectivity index is 1.73. The number of fused-ring (bicyclic) bond motifs is 1. The molecule has 1 aliphatic carbocycles. The summed E-state index contributed by atoms with van der Waals surface area (Å²) in [5.41, 5.74) is 2.35. The Labute approximate surface area is 118 Å². The van der Waals surface area contributed by atoms with Crippen LogP contribution in [0.3, 0.4) is 0 Å². The fraction of sp³-hybridized carbons (Fsp3) is 0.467. The van der Waals surface area contributed by atoms with Crippen molar-refractivity contribution in [2.75, 3.05) is 0 Å². The fourth-order valence-electron chi connectivity index (χ4n) is 2.89. The monoisotopic (exact) mass is 274 g/mol. The number of halogens is 1. The fourth-order valence-corrected chi connectivity index (χ4v) is 2.89. The Kier molecular flexibility index (Phi) is 3.78. The van der Waals surface area contributed by atoms with E-state index < -0.39 is 0 Å². The molecule has 4 nitrogen and oxygen atoms in total. The van der Waals surface area contributed by atoms with Crippen molar-refractivity contribution in [3.05, 3.63) is 47.3 Å². The van der Waals surface area contributed by atoms with Crippen molar-refractivity contribution in [3.8, 4) is 0 Å². The van der Waals surface area contributed by atoms with Crippen molar-refractivity contribution in [1.82, 2.24) is 20.1 Å². The third-order valence-corrected chi connectivity index (χ3v) is 3.96. The lowest BCUT2D eigenvalue weighted by Gasteiger charge is -2.26. The van der Waals surface area contributed by atoms with E-state index >= 15 is 0 Å². The highest BCUT2D eigenvalue weighted by Crippen LogP contribution is 2.30. The van der Waals surface area contributed by atoms with Crippen LogP contribution in [0.1, 0.15) is 42.8 Å². The van der Waals surface area contributed by atoms with Crippen molar-refractivity contribution < 1.29 is 4.39 Å². The lowest BCUT2D eigenvalue weighted by atomic mass is 9.87. The maximum atomic E-state index is 13.3. The summed E-state index contributed by atoms with van der Waals surface area (Å²) in [4.78, 5) is 0. The van der Waals surface area contributed by atoms with E-state index in [1.807, 2.05) is 10.6 Å². The van der Waals surface area contributed by atoms with E-state index in [2.05, 4.69) is 22.4 Å². The lowest BCUT2D eigenvalue weighted by Crippen LogP contribution is -2.26. The quantitative estimate of drug-likeness (QED) is 0.932. The van der Waals surface area contributed by atoms with E-state index in [1.54, 1.807) is 18.5 Å². The molecule has 2 aromatic rings. The molecule has 0 aliphatic heterocycles.